The van der Waals surface area contributed by atoms with Gasteiger partial charge in [-0.25, -0.2) is 0 Å². The van der Waals surface area contributed by atoms with Gasteiger partial charge in [0, 0.05) is 44.3 Å². The second-order valence-corrected chi connectivity index (χ2v) is 6.54. The molecule has 0 atom stereocenters. The van der Waals surface area contributed by atoms with Gasteiger partial charge in [0.15, 0.2) is 0 Å². The minimum Gasteiger partial charge on any atom is -0.382 e. The fraction of sp³-hybridized carbons (Fsp3) is 0.400. The van der Waals surface area contributed by atoms with Crippen LogP contribution in [0.4, 0.5) is 11.4 Å². The van der Waals surface area contributed by atoms with Crippen molar-refractivity contribution >= 4 is 17.3 Å². The van der Waals surface area contributed by atoms with Crippen molar-refractivity contribution in [2.45, 2.75) is 13.8 Å². The highest BCUT2D eigenvalue weighted by Gasteiger charge is 2.11. The number of ether oxygens (including phenoxy) is 1. The highest BCUT2D eigenvalue weighted by molar-refractivity contribution is 6.05. The average molecular weight is 354 g/mol. The molecule has 1 fully saturated rings. The van der Waals surface area contributed by atoms with E-state index < -0.39 is 0 Å². The molecular weight excluding hydrogens is 328 g/mol. The number of nitrogens with zero attached hydrogens (tertiary/aromatic N) is 2. The van der Waals surface area contributed by atoms with E-state index in [1.165, 1.54) is 0 Å². The third-order valence-electron chi connectivity index (χ3n) is 4.71. The van der Waals surface area contributed by atoms with Crippen LogP contribution < -0.4 is 10.6 Å². The van der Waals surface area contributed by atoms with E-state index in [1.54, 1.807) is 12.4 Å². The monoisotopic (exact) mass is 354 g/mol. The number of pyridine rings is 1. The van der Waals surface area contributed by atoms with Gasteiger partial charge >= 0.3 is 0 Å². The Morgan fingerprint density at radius 1 is 1.23 bits per heavy atom. The summed E-state index contributed by atoms with van der Waals surface area (Å²) in [5, 5.41) is 6.32. The average Bonchev–Trinajstić information content (AvgIpc) is 2.66. The van der Waals surface area contributed by atoms with Gasteiger partial charge in [-0.3, -0.25) is 14.7 Å². The molecular formula is C20H26N4O2. The maximum absolute atomic E-state index is 12.5. The first-order valence-electron chi connectivity index (χ1n) is 9.00. The normalized spacial score (nSPS) is 14.8. The molecule has 2 aromatic rings. The van der Waals surface area contributed by atoms with E-state index in [2.05, 4.69) is 20.5 Å². The summed E-state index contributed by atoms with van der Waals surface area (Å²) in [7, 11) is 0. The number of carbonyl (C=O) groups is 1. The second-order valence-electron chi connectivity index (χ2n) is 6.54. The first-order valence-corrected chi connectivity index (χ1v) is 9.00. The zero-order valence-corrected chi connectivity index (χ0v) is 15.4. The number of aromatic nitrogens is 1. The Morgan fingerprint density at radius 3 is 2.85 bits per heavy atom. The van der Waals surface area contributed by atoms with Crippen LogP contribution >= 0.6 is 0 Å². The van der Waals surface area contributed by atoms with Crippen LogP contribution in [0.15, 0.2) is 36.7 Å². The largest absolute Gasteiger partial charge is 0.382 e. The summed E-state index contributed by atoms with van der Waals surface area (Å²) in [6, 6.07) is 7.73. The molecule has 0 unspecified atom stereocenters. The van der Waals surface area contributed by atoms with E-state index in [0.29, 0.717) is 5.56 Å². The number of benzene rings is 1. The number of hydrogen-bond donors (Lipinski definition) is 2. The SMILES string of the molecule is Cc1cccc(NC(=O)c2cncc(NCCN3CCOCC3)c2)c1C. The Labute approximate surface area is 154 Å². The molecule has 26 heavy (non-hydrogen) atoms. The molecule has 6 nitrogen and oxygen atoms in total. The maximum Gasteiger partial charge on any atom is 0.257 e. The Bertz CT molecular complexity index is 757. The third-order valence-corrected chi connectivity index (χ3v) is 4.71. The van der Waals surface area contributed by atoms with Crippen molar-refractivity contribution in [2.24, 2.45) is 0 Å². The van der Waals surface area contributed by atoms with Gasteiger partial charge < -0.3 is 15.4 Å². The molecule has 138 valence electrons. The van der Waals surface area contributed by atoms with Crippen molar-refractivity contribution in [3.05, 3.63) is 53.3 Å². The number of aryl methyl sites for hydroxylation is 1. The van der Waals surface area contributed by atoms with Gasteiger partial charge in [0.1, 0.15) is 0 Å². The Morgan fingerprint density at radius 2 is 2.04 bits per heavy atom. The Balaban J connectivity index is 1.57. The first kappa shape index (κ1) is 18.4. The van der Waals surface area contributed by atoms with E-state index in [-0.39, 0.29) is 5.91 Å². The van der Waals surface area contributed by atoms with Crippen LogP contribution in [-0.4, -0.2) is 55.2 Å². The topological polar surface area (TPSA) is 66.5 Å². The van der Waals surface area contributed by atoms with Crippen LogP contribution in [0.25, 0.3) is 0 Å². The van der Waals surface area contributed by atoms with Gasteiger partial charge in [-0.05, 0) is 37.1 Å². The van der Waals surface area contributed by atoms with Crippen molar-refractivity contribution in [3.8, 4) is 0 Å². The lowest BCUT2D eigenvalue weighted by atomic mass is 10.1. The van der Waals surface area contributed by atoms with Crippen molar-refractivity contribution < 1.29 is 9.53 Å². The van der Waals surface area contributed by atoms with Crippen molar-refractivity contribution in [2.75, 3.05) is 50.0 Å². The van der Waals surface area contributed by atoms with Gasteiger partial charge in [-0.1, -0.05) is 12.1 Å². The maximum atomic E-state index is 12.5. The van der Waals surface area contributed by atoms with Gasteiger partial charge in [0.2, 0.25) is 0 Å². The summed E-state index contributed by atoms with van der Waals surface area (Å²) in [6.07, 6.45) is 3.33. The fourth-order valence-electron chi connectivity index (χ4n) is 2.92. The molecule has 0 bridgehead atoms. The van der Waals surface area contributed by atoms with E-state index in [1.807, 2.05) is 38.1 Å². The summed E-state index contributed by atoms with van der Waals surface area (Å²) in [4.78, 5) is 19.1. The molecule has 0 radical (unpaired) electrons. The van der Waals surface area contributed by atoms with E-state index in [4.69, 9.17) is 4.74 Å². The molecule has 0 spiro atoms. The molecule has 3 rings (SSSR count). The predicted molar refractivity (Wildman–Crippen MR) is 104 cm³/mol. The van der Waals surface area contributed by atoms with Gasteiger partial charge in [-0.2, -0.15) is 0 Å². The lowest BCUT2D eigenvalue weighted by Crippen LogP contribution is -2.39. The standard InChI is InChI=1S/C20H26N4O2/c1-15-4-3-5-19(16(15)2)23-20(25)17-12-18(14-21-13-17)22-6-7-24-8-10-26-11-9-24/h3-5,12-14,22H,6-11H2,1-2H3,(H,23,25). The van der Waals surface area contributed by atoms with Crippen LogP contribution in [0.1, 0.15) is 21.5 Å². The minimum atomic E-state index is -0.150. The number of amides is 1. The summed E-state index contributed by atoms with van der Waals surface area (Å²) in [6.45, 7) is 9.34. The highest BCUT2D eigenvalue weighted by atomic mass is 16.5. The third kappa shape index (κ3) is 4.80. The van der Waals surface area contributed by atoms with Crippen LogP contribution in [-0.2, 0) is 4.74 Å². The predicted octanol–water partition coefficient (Wildman–Crippen LogP) is 2.69. The summed E-state index contributed by atoms with van der Waals surface area (Å²) in [5.41, 5.74) is 4.46. The number of nitrogens with one attached hydrogen (secondary N) is 2. The van der Waals surface area contributed by atoms with E-state index >= 15 is 0 Å². The van der Waals surface area contributed by atoms with Crippen molar-refractivity contribution in [3.63, 3.8) is 0 Å². The molecule has 2 N–H and O–H groups in total. The quantitative estimate of drug-likeness (QED) is 0.835. The molecule has 0 saturated carbocycles. The Kier molecular flexibility index (Phi) is 6.20. The van der Waals surface area contributed by atoms with Crippen LogP contribution in [0.2, 0.25) is 0 Å². The number of carbonyl (C=O) groups excluding carboxylic acids is 1. The summed E-state index contributed by atoms with van der Waals surface area (Å²) < 4.78 is 5.35. The summed E-state index contributed by atoms with van der Waals surface area (Å²) in [5.74, 6) is -0.150. The molecule has 1 saturated heterocycles. The number of anilines is 2. The second kappa shape index (κ2) is 8.78. The van der Waals surface area contributed by atoms with Gasteiger partial charge in [0.25, 0.3) is 5.91 Å². The van der Waals surface area contributed by atoms with E-state index in [0.717, 1.165) is 61.9 Å². The molecule has 6 heteroatoms. The lowest BCUT2D eigenvalue weighted by molar-refractivity contribution is 0.0398. The zero-order chi connectivity index (χ0) is 18.4. The zero-order valence-electron chi connectivity index (χ0n) is 15.4. The van der Waals surface area contributed by atoms with Gasteiger partial charge in [-0.15, -0.1) is 0 Å². The van der Waals surface area contributed by atoms with Crippen LogP contribution in [0, 0.1) is 13.8 Å². The Hall–Kier alpha value is -2.44. The van der Waals surface area contributed by atoms with E-state index in [9.17, 15) is 4.79 Å². The van der Waals surface area contributed by atoms with Crippen LogP contribution in [0.3, 0.4) is 0 Å². The number of morpholine rings is 1. The molecule has 1 aliphatic heterocycles. The van der Waals surface area contributed by atoms with Gasteiger partial charge in [0.05, 0.1) is 24.5 Å². The smallest absolute Gasteiger partial charge is 0.257 e. The minimum absolute atomic E-state index is 0.150. The molecule has 1 amide bonds. The molecule has 1 aliphatic rings. The van der Waals surface area contributed by atoms with Crippen molar-refractivity contribution in [1.29, 1.82) is 0 Å². The summed E-state index contributed by atoms with van der Waals surface area (Å²) >= 11 is 0. The molecule has 1 aromatic carbocycles. The number of rotatable bonds is 6. The van der Waals surface area contributed by atoms with Crippen molar-refractivity contribution in [1.82, 2.24) is 9.88 Å². The fourth-order valence-corrected chi connectivity index (χ4v) is 2.92. The highest BCUT2D eigenvalue weighted by Crippen LogP contribution is 2.19. The number of hydrogen-bond acceptors (Lipinski definition) is 5. The molecule has 1 aromatic heterocycles. The lowest BCUT2D eigenvalue weighted by Gasteiger charge is -2.26. The first-order chi connectivity index (χ1) is 12.6. The molecule has 2 heterocycles. The molecule has 0 aliphatic carbocycles. The van der Waals surface area contributed by atoms with Crippen LogP contribution in [0.5, 0.6) is 0 Å².